The van der Waals surface area contributed by atoms with Crippen molar-refractivity contribution in [3.8, 4) is 0 Å². The summed E-state index contributed by atoms with van der Waals surface area (Å²) in [6.07, 6.45) is 3.41. The van der Waals surface area contributed by atoms with Gasteiger partial charge in [-0.2, -0.15) is 11.3 Å². The Kier molecular flexibility index (Phi) is 6.87. The smallest absolute Gasteiger partial charge is 0.321 e. The normalized spacial score (nSPS) is 14.8. The van der Waals surface area contributed by atoms with Crippen molar-refractivity contribution in [3.05, 3.63) is 52.2 Å². The lowest BCUT2D eigenvalue weighted by Gasteiger charge is -2.32. The van der Waals surface area contributed by atoms with Gasteiger partial charge in [0.1, 0.15) is 0 Å². The monoisotopic (exact) mass is 385 g/mol. The molecule has 0 radical (unpaired) electrons. The number of benzene rings is 1. The van der Waals surface area contributed by atoms with Gasteiger partial charge in [-0.3, -0.25) is 4.79 Å². The van der Waals surface area contributed by atoms with E-state index >= 15 is 0 Å². The van der Waals surface area contributed by atoms with E-state index in [1.54, 1.807) is 11.3 Å². The summed E-state index contributed by atoms with van der Waals surface area (Å²) in [5.74, 6) is 0.650. The van der Waals surface area contributed by atoms with E-state index in [0.717, 1.165) is 49.2 Å². The molecule has 3 rings (SSSR count). The largest absolute Gasteiger partial charge is 0.356 e. The summed E-state index contributed by atoms with van der Waals surface area (Å²) in [5, 5.41) is 10.0. The summed E-state index contributed by atoms with van der Waals surface area (Å²) in [5.41, 5.74) is 3.02. The highest BCUT2D eigenvalue weighted by Crippen LogP contribution is 2.21. The number of carbonyl (C=O) groups is 2. The Hall–Kier alpha value is -2.34. The zero-order chi connectivity index (χ0) is 19.1. The van der Waals surface area contributed by atoms with Crippen LogP contribution in [0.5, 0.6) is 0 Å². The van der Waals surface area contributed by atoms with E-state index in [-0.39, 0.29) is 11.9 Å². The second kappa shape index (κ2) is 9.55. The second-order valence-electron chi connectivity index (χ2n) is 7.12. The van der Waals surface area contributed by atoms with Gasteiger partial charge in [0.25, 0.3) is 0 Å². The number of rotatable bonds is 6. The summed E-state index contributed by atoms with van der Waals surface area (Å²) in [6.45, 7) is 4.24. The van der Waals surface area contributed by atoms with E-state index < -0.39 is 0 Å². The third kappa shape index (κ3) is 5.82. The van der Waals surface area contributed by atoms with Gasteiger partial charge in [0, 0.05) is 25.3 Å². The van der Waals surface area contributed by atoms with Crippen LogP contribution in [-0.2, 0) is 11.2 Å². The number of carbonyl (C=O) groups excluding carboxylic acids is 2. The fourth-order valence-corrected chi connectivity index (χ4v) is 4.06. The molecule has 2 heterocycles. The predicted molar refractivity (Wildman–Crippen MR) is 110 cm³/mol. The van der Waals surface area contributed by atoms with Crippen LogP contribution in [-0.4, -0.2) is 36.5 Å². The summed E-state index contributed by atoms with van der Waals surface area (Å²) in [7, 11) is 0. The Morgan fingerprint density at radius 2 is 1.96 bits per heavy atom. The maximum atomic E-state index is 12.4. The topological polar surface area (TPSA) is 61.4 Å². The minimum atomic E-state index is -0.0215. The molecular formula is C21H27N3O2S. The number of nitrogens with one attached hydrogen (secondary N) is 2. The molecule has 0 unspecified atom stereocenters. The molecule has 0 spiro atoms. The molecule has 144 valence electrons. The van der Waals surface area contributed by atoms with Crippen molar-refractivity contribution in [3.63, 3.8) is 0 Å². The van der Waals surface area contributed by atoms with Crippen LogP contribution in [0.1, 0.15) is 30.4 Å². The Balaban J connectivity index is 1.34. The van der Waals surface area contributed by atoms with Crippen molar-refractivity contribution in [1.29, 1.82) is 0 Å². The molecule has 27 heavy (non-hydrogen) atoms. The van der Waals surface area contributed by atoms with Gasteiger partial charge in [0.2, 0.25) is 5.91 Å². The number of hydrogen-bond donors (Lipinski definition) is 2. The number of piperidine rings is 1. The standard InChI is InChI=1S/C21H27N3O2S/c1-16-4-2-3-5-19(16)23-21(26)24-11-7-17(8-12-24)6-10-22-20(25)14-18-9-13-27-15-18/h2-5,9,13,15,17H,6-8,10-12,14H2,1H3,(H,22,25)(H,23,26). The number of nitrogens with zero attached hydrogens (tertiary/aromatic N) is 1. The Labute approximate surface area is 164 Å². The summed E-state index contributed by atoms with van der Waals surface area (Å²) >= 11 is 1.61. The number of urea groups is 1. The summed E-state index contributed by atoms with van der Waals surface area (Å²) in [4.78, 5) is 26.3. The molecule has 0 saturated carbocycles. The number of para-hydroxylation sites is 1. The van der Waals surface area contributed by atoms with Crippen LogP contribution in [0.2, 0.25) is 0 Å². The van der Waals surface area contributed by atoms with Crippen molar-refractivity contribution in [2.75, 3.05) is 25.0 Å². The molecule has 0 aliphatic carbocycles. The third-order valence-corrected chi connectivity index (χ3v) is 5.84. The van der Waals surface area contributed by atoms with Gasteiger partial charge in [0.05, 0.1) is 6.42 Å². The van der Waals surface area contributed by atoms with Crippen LogP contribution in [0.15, 0.2) is 41.1 Å². The minimum Gasteiger partial charge on any atom is -0.356 e. The van der Waals surface area contributed by atoms with Gasteiger partial charge >= 0.3 is 6.03 Å². The molecule has 1 fully saturated rings. The van der Waals surface area contributed by atoms with Crippen molar-refractivity contribution >= 4 is 29.0 Å². The lowest BCUT2D eigenvalue weighted by Crippen LogP contribution is -2.41. The lowest BCUT2D eigenvalue weighted by atomic mass is 9.93. The Morgan fingerprint density at radius 1 is 1.19 bits per heavy atom. The van der Waals surface area contributed by atoms with Crippen LogP contribution in [0.25, 0.3) is 0 Å². The first-order valence-electron chi connectivity index (χ1n) is 9.51. The van der Waals surface area contributed by atoms with Gasteiger partial charge in [-0.15, -0.1) is 0 Å². The molecule has 2 N–H and O–H groups in total. The maximum absolute atomic E-state index is 12.4. The zero-order valence-electron chi connectivity index (χ0n) is 15.7. The van der Waals surface area contributed by atoms with E-state index in [0.29, 0.717) is 18.9 Å². The first kappa shape index (κ1) is 19.4. The average Bonchev–Trinajstić information content (AvgIpc) is 3.17. The van der Waals surface area contributed by atoms with Crippen molar-refractivity contribution in [1.82, 2.24) is 10.2 Å². The molecule has 0 atom stereocenters. The van der Waals surface area contributed by atoms with Crippen LogP contribution in [0, 0.1) is 12.8 Å². The van der Waals surface area contributed by atoms with Crippen LogP contribution in [0.3, 0.4) is 0 Å². The van der Waals surface area contributed by atoms with E-state index in [9.17, 15) is 9.59 Å². The quantitative estimate of drug-likeness (QED) is 0.788. The number of aryl methyl sites for hydroxylation is 1. The Morgan fingerprint density at radius 3 is 2.67 bits per heavy atom. The van der Waals surface area contributed by atoms with E-state index in [2.05, 4.69) is 10.6 Å². The first-order valence-corrected chi connectivity index (χ1v) is 10.5. The van der Waals surface area contributed by atoms with E-state index in [1.165, 1.54) is 0 Å². The minimum absolute atomic E-state index is 0.0215. The van der Waals surface area contributed by atoms with Gasteiger partial charge in [-0.05, 0) is 66.1 Å². The SMILES string of the molecule is Cc1ccccc1NC(=O)N1CCC(CCNC(=O)Cc2ccsc2)CC1. The van der Waals surface area contributed by atoms with Crippen molar-refractivity contribution in [2.45, 2.75) is 32.6 Å². The lowest BCUT2D eigenvalue weighted by molar-refractivity contribution is -0.120. The Bertz CT molecular complexity index is 753. The molecule has 2 aromatic rings. The maximum Gasteiger partial charge on any atom is 0.321 e. The molecule has 1 aromatic carbocycles. The highest BCUT2D eigenvalue weighted by molar-refractivity contribution is 7.08. The number of amides is 3. The zero-order valence-corrected chi connectivity index (χ0v) is 16.6. The fraction of sp³-hybridized carbons (Fsp3) is 0.429. The van der Waals surface area contributed by atoms with Crippen LogP contribution in [0.4, 0.5) is 10.5 Å². The molecule has 1 aliphatic heterocycles. The van der Waals surface area contributed by atoms with E-state index in [1.807, 2.05) is 52.9 Å². The van der Waals surface area contributed by atoms with Crippen molar-refractivity contribution < 1.29 is 9.59 Å². The fourth-order valence-electron chi connectivity index (χ4n) is 3.39. The van der Waals surface area contributed by atoms with Gasteiger partial charge in [0.15, 0.2) is 0 Å². The molecule has 1 saturated heterocycles. The highest BCUT2D eigenvalue weighted by atomic mass is 32.1. The first-order chi connectivity index (χ1) is 13.1. The predicted octanol–water partition coefficient (Wildman–Crippen LogP) is 4.05. The summed E-state index contributed by atoms with van der Waals surface area (Å²) in [6, 6.07) is 9.79. The van der Waals surface area contributed by atoms with Gasteiger partial charge in [-0.25, -0.2) is 4.79 Å². The number of hydrogen-bond acceptors (Lipinski definition) is 3. The van der Waals surface area contributed by atoms with E-state index in [4.69, 9.17) is 0 Å². The third-order valence-electron chi connectivity index (χ3n) is 5.11. The summed E-state index contributed by atoms with van der Waals surface area (Å²) < 4.78 is 0. The molecule has 1 aromatic heterocycles. The number of thiophene rings is 1. The number of likely N-dealkylation sites (tertiary alicyclic amines) is 1. The van der Waals surface area contributed by atoms with Crippen LogP contribution < -0.4 is 10.6 Å². The molecule has 3 amide bonds. The molecule has 5 nitrogen and oxygen atoms in total. The molecular weight excluding hydrogens is 358 g/mol. The van der Waals surface area contributed by atoms with Gasteiger partial charge in [-0.1, -0.05) is 18.2 Å². The molecule has 6 heteroatoms. The average molecular weight is 386 g/mol. The van der Waals surface area contributed by atoms with Gasteiger partial charge < -0.3 is 15.5 Å². The second-order valence-corrected chi connectivity index (χ2v) is 7.90. The molecule has 0 bridgehead atoms. The highest BCUT2D eigenvalue weighted by Gasteiger charge is 2.23. The van der Waals surface area contributed by atoms with Crippen molar-refractivity contribution in [2.24, 2.45) is 5.92 Å². The molecule has 1 aliphatic rings. The van der Waals surface area contributed by atoms with Crippen LogP contribution >= 0.6 is 11.3 Å². The number of anilines is 1.